The molecule has 0 N–H and O–H groups in total. The van der Waals surface area contributed by atoms with Crippen molar-refractivity contribution in [3.05, 3.63) is 44.5 Å². The molecule has 2 aliphatic carbocycles. The number of benzene rings is 1. The minimum Gasteiger partial charge on any atom is -0.292 e. The van der Waals surface area contributed by atoms with E-state index < -0.39 is 0 Å². The second kappa shape index (κ2) is 6.00. The predicted molar refractivity (Wildman–Crippen MR) is 91.2 cm³/mol. The first kappa shape index (κ1) is 15.3. The zero-order valence-electron chi connectivity index (χ0n) is 13.6. The van der Waals surface area contributed by atoms with Crippen LogP contribution >= 0.6 is 0 Å². The first-order chi connectivity index (χ1) is 11.6. The van der Waals surface area contributed by atoms with Crippen LogP contribution in [-0.2, 0) is 6.54 Å². The van der Waals surface area contributed by atoms with Gasteiger partial charge in [0.1, 0.15) is 0 Å². The van der Waals surface area contributed by atoms with Crippen LogP contribution in [0.5, 0.6) is 0 Å². The summed E-state index contributed by atoms with van der Waals surface area (Å²) in [7, 11) is 0. The summed E-state index contributed by atoms with van der Waals surface area (Å²) in [4.78, 5) is 27.8. The van der Waals surface area contributed by atoms with E-state index in [1.165, 1.54) is 12.5 Å². The van der Waals surface area contributed by atoms with Crippen molar-refractivity contribution in [1.29, 1.82) is 0 Å². The van der Waals surface area contributed by atoms with Crippen molar-refractivity contribution in [3.8, 4) is 0 Å². The molecule has 2 fully saturated rings. The molecular formula is C18H21N3O3. The number of nitro benzene ring substituents is 1. The van der Waals surface area contributed by atoms with Gasteiger partial charge in [-0.2, -0.15) is 4.98 Å². The third kappa shape index (κ3) is 2.81. The van der Waals surface area contributed by atoms with Gasteiger partial charge in [-0.05, 0) is 37.7 Å². The Balaban J connectivity index is 1.90. The highest BCUT2D eigenvalue weighted by Gasteiger charge is 2.26. The van der Waals surface area contributed by atoms with E-state index in [9.17, 15) is 14.9 Å². The maximum Gasteiger partial charge on any atom is 0.348 e. The van der Waals surface area contributed by atoms with Gasteiger partial charge in [-0.1, -0.05) is 19.3 Å². The Labute approximate surface area is 139 Å². The fraction of sp³-hybridized carbons (Fsp3) is 0.556. The third-order valence-corrected chi connectivity index (χ3v) is 5.33. The van der Waals surface area contributed by atoms with Crippen LogP contribution in [0, 0.1) is 16.0 Å². The molecule has 4 rings (SSSR count). The summed E-state index contributed by atoms with van der Waals surface area (Å²) in [5.41, 5.74) is 1.43. The van der Waals surface area contributed by atoms with E-state index in [1.807, 2.05) is 0 Å². The number of non-ortho nitro benzene ring substituents is 1. The van der Waals surface area contributed by atoms with Crippen molar-refractivity contribution < 1.29 is 4.92 Å². The molecule has 0 unspecified atom stereocenters. The summed E-state index contributed by atoms with van der Waals surface area (Å²) in [6, 6.07) is 4.83. The van der Waals surface area contributed by atoms with Crippen LogP contribution in [0.4, 0.5) is 5.69 Å². The molecule has 1 heterocycles. The number of aromatic nitrogens is 2. The van der Waals surface area contributed by atoms with Gasteiger partial charge < -0.3 is 0 Å². The standard InChI is InChI=1S/C18H21N3O3/c22-18-19-17(13-4-2-1-3-5-13)15-10-14(21(23)24)8-9-16(15)20(18)11-12-6-7-12/h8-10,12-13H,1-7,11H2. The Bertz CT molecular complexity index is 848. The average Bonchev–Trinajstić information content (AvgIpc) is 3.41. The minimum atomic E-state index is -0.375. The van der Waals surface area contributed by atoms with E-state index in [1.54, 1.807) is 16.7 Å². The zero-order chi connectivity index (χ0) is 16.7. The maximum atomic E-state index is 12.6. The van der Waals surface area contributed by atoms with Gasteiger partial charge >= 0.3 is 5.69 Å². The largest absolute Gasteiger partial charge is 0.348 e. The van der Waals surface area contributed by atoms with Gasteiger partial charge in [0, 0.05) is 30.0 Å². The van der Waals surface area contributed by atoms with E-state index >= 15 is 0 Å². The average molecular weight is 327 g/mol. The lowest BCUT2D eigenvalue weighted by atomic mass is 9.85. The van der Waals surface area contributed by atoms with E-state index in [0.717, 1.165) is 55.1 Å². The summed E-state index contributed by atoms with van der Waals surface area (Å²) in [6.07, 6.45) is 7.79. The Morgan fingerprint density at radius 3 is 2.58 bits per heavy atom. The molecule has 0 saturated heterocycles. The second-order valence-electron chi connectivity index (χ2n) is 7.13. The molecule has 6 heteroatoms. The molecular weight excluding hydrogens is 306 g/mol. The van der Waals surface area contributed by atoms with Crippen LogP contribution in [0.1, 0.15) is 56.6 Å². The van der Waals surface area contributed by atoms with Crippen LogP contribution in [-0.4, -0.2) is 14.5 Å². The summed E-state index contributed by atoms with van der Waals surface area (Å²) < 4.78 is 1.71. The van der Waals surface area contributed by atoms with Crippen LogP contribution in [0.25, 0.3) is 10.9 Å². The highest BCUT2D eigenvalue weighted by atomic mass is 16.6. The van der Waals surface area contributed by atoms with Crippen molar-refractivity contribution in [1.82, 2.24) is 9.55 Å². The van der Waals surface area contributed by atoms with Gasteiger partial charge in [-0.3, -0.25) is 14.7 Å². The molecule has 0 radical (unpaired) electrons. The van der Waals surface area contributed by atoms with E-state index in [-0.39, 0.29) is 22.2 Å². The normalized spacial score (nSPS) is 18.8. The van der Waals surface area contributed by atoms with Crippen molar-refractivity contribution >= 4 is 16.6 Å². The van der Waals surface area contributed by atoms with Gasteiger partial charge in [0.2, 0.25) is 0 Å². The number of rotatable bonds is 4. The summed E-state index contributed by atoms with van der Waals surface area (Å²) >= 11 is 0. The van der Waals surface area contributed by atoms with Gasteiger partial charge in [-0.15, -0.1) is 0 Å². The topological polar surface area (TPSA) is 78.0 Å². The highest BCUT2D eigenvalue weighted by molar-refractivity contribution is 5.84. The van der Waals surface area contributed by atoms with Crippen molar-refractivity contribution in [2.24, 2.45) is 5.92 Å². The van der Waals surface area contributed by atoms with Crippen LogP contribution in [0.2, 0.25) is 0 Å². The Kier molecular flexibility index (Phi) is 3.82. The highest BCUT2D eigenvalue weighted by Crippen LogP contribution is 2.36. The lowest BCUT2D eigenvalue weighted by molar-refractivity contribution is -0.384. The molecule has 0 atom stereocenters. The number of nitro groups is 1. The van der Waals surface area contributed by atoms with Crippen LogP contribution in [0.3, 0.4) is 0 Å². The predicted octanol–water partition coefficient (Wildman–Crippen LogP) is 3.76. The van der Waals surface area contributed by atoms with Crippen molar-refractivity contribution in [3.63, 3.8) is 0 Å². The molecule has 126 valence electrons. The molecule has 0 spiro atoms. The molecule has 2 aliphatic rings. The smallest absolute Gasteiger partial charge is 0.292 e. The molecule has 6 nitrogen and oxygen atoms in total. The number of nitrogens with zero attached hydrogens (tertiary/aromatic N) is 3. The monoisotopic (exact) mass is 327 g/mol. The first-order valence-electron chi connectivity index (χ1n) is 8.82. The SMILES string of the molecule is O=c1nc(C2CCCCC2)c2cc([N+](=O)[O-])ccc2n1CC1CC1. The Morgan fingerprint density at radius 1 is 1.17 bits per heavy atom. The molecule has 1 aromatic carbocycles. The van der Waals surface area contributed by atoms with Crippen LogP contribution in [0.15, 0.2) is 23.0 Å². The Hall–Kier alpha value is -2.24. The number of hydrogen-bond acceptors (Lipinski definition) is 4. The second-order valence-corrected chi connectivity index (χ2v) is 7.13. The molecule has 2 aromatic rings. The fourth-order valence-corrected chi connectivity index (χ4v) is 3.83. The molecule has 1 aromatic heterocycles. The fourth-order valence-electron chi connectivity index (χ4n) is 3.83. The van der Waals surface area contributed by atoms with E-state index in [0.29, 0.717) is 12.5 Å². The quantitative estimate of drug-likeness (QED) is 0.632. The van der Waals surface area contributed by atoms with Gasteiger partial charge in [0.05, 0.1) is 16.1 Å². The molecule has 0 bridgehead atoms. The zero-order valence-corrected chi connectivity index (χ0v) is 13.6. The third-order valence-electron chi connectivity index (χ3n) is 5.33. The van der Waals surface area contributed by atoms with Gasteiger partial charge in [-0.25, -0.2) is 4.79 Å². The number of fused-ring (bicyclic) bond motifs is 1. The van der Waals surface area contributed by atoms with E-state index in [2.05, 4.69) is 4.98 Å². The lowest BCUT2D eigenvalue weighted by Gasteiger charge is -2.23. The molecule has 24 heavy (non-hydrogen) atoms. The first-order valence-corrected chi connectivity index (χ1v) is 8.82. The summed E-state index contributed by atoms with van der Waals surface area (Å²) in [5.74, 6) is 0.787. The van der Waals surface area contributed by atoms with Gasteiger partial charge in [0.15, 0.2) is 0 Å². The lowest BCUT2D eigenvalue weighted by Crippen LogP contribution is -2.27. The van der Waals surface area contributed by atoms with Crippen molar-refractivity contribution in [2.75, 3.05) is 0 Å². The summed E-state index contributed by atoms with van der Waals surface area (Å²) in [5, 5.41) is 12.0. The maximum absolute atomic E-state index is 12.6. The number of hydrogen-bond donors (Lipinski definition) is 0. The van der Waals surface area contributed by atoms with Crippen LogP contribution < -0.4 is 5.69 Å². The van der Waals surface area contributed by atoms with Crippen molar-refractivity contribution in [2.45, 2.75) is 57.4 Å². The van der Waals surface area contributed by atoms with E-state index in [4.69, 9.17) is 0 Å². The molecule has 0 amide bonds. The Morgan fingerprint density at radius 2 is 1.92 bits per heavy atom. The van der Waals surface area contributed by atoms with Gasteiger partial charge in [0.25, 0.3) is 5.69 Å². The minimum absolute atomic E-state index is 0.0676. The summed E-state index contributed by atoms with van der Waals surface area (Å²) in [6.45, 7) is 0.672. The molecule has 2 saturated carbocycles. The molecule has 0 aliphatic heterocycles.